The largest absolute Gasteiger partial charge is 0.493 e. The van der Waals surface area contributed by atoms with Crippen molar-refractivity contribution in [3.05, 3.63) is 41.6 Å². The predicted octanol–water partition coefficient (Wildman–Crippen LogP) is 2.96. The zero-order valence-electron chi connectivity index (χ0n) is 20.5. The van der Waals surface area contributed by atoms with Crippen LogP contribution in [0.3, 0.4) is 0 Å². The van der Waals surface area contributed by atoms with Crippen molar-refractivity contribution in [2.45, 2.75) is 58.2 Å². The summed E-state index contributed by atoms with van der Waals surface area (Å²) >= 11 is 0. The Morgan fingerprint density at radius 3 is 2.83 bits per heavy atom. The number of aliphatic hydroxyl groups is 1. The quantitative estimate of drug-likeness (QED) is 0.464. The number of carbonyl (C=O) groups excluding carboxylic acids is 2. The minimum Gasteiger partial charge on any atom is -0.493 e. The second-order valence-electron chi connectivity index (χ2n) is 9.89. The van der Waals surface area contributed by atoms with Crippen LogP contribution in [0, 0.1) is 18.7 Å². The number of aromatic amines is 1. The third-order valence-electron chi connectivity index (χ3n) is 6.92. The van der Waals surface area contributed by atoms with Gasteiger partial charge in [0.15, 0.2) is 0 Å². The van der Waals surface area contributed by atoms with Gasteiger partial charge in [0.2, 0.25) is 0 Å². The van der Waals surface area contributed by atoms with Gasteiger partial charge in [0.05, 0.1) is 17.7 Å². The number of benzene rings is 1. The van der Waals surface area contributed by atoms with Crippen molar-refractivity contribution >= 4 is 22.8 Å². The highest BCUT2D eigenvalue weighted by Crippen LogP contribution is 2.37. The van der Waals surface area contributed by atoms with Gasteiger partial charge in [-0.2, -0.15) is 0 Å². The van der Waals surface area contributed by atoms with Crippen molar-refractivity contribution in [3.8, 4) is 17.0 Å². The standard InChI is InChI=1S/C26H30FN5O4/c1-13-8-18(10-32(13)26(35)15(3)33)31-25(34)21-14(2)30-24-22(28-12-29-23(21)24)19-9-17(27)6-7-20(19)36-11-16-4-5-16/h6-7,9,12-13,15-16,18,30,33H,4-5,8,10-11H2,1-3H3,(H,31,34)/t13-,15+,18-/m1/s1. The first-order valence-electron chi connectivity index (χ1n) is 12.3. The molecule has 1 aliphatic carbocycles. The smallest absolute Gasteiger partial charge is 0.255 e. The number of ether oxygens (including phenoxy) is 1. The minimum absolute atomic E-state index is 0.0996. The van der Waals surface area contributed by atoms with E-state index in [2.05, 4.69) is 20.3 Å². The molecule has 9 nitrogen and oxygen atoms in total. The first kappa shape index (κ1) is 24.2. The van der Waals surface area contributed by atoms with Gasteiger partial charge < -0.3 is 25.0 Å². The summed E-state index contributed by atoms with van der Waals surface area (Å²) in [6, 6.07) is 3.99. The SMILES string of the molecule is Cc1[nH]c2c(-c3cc(F)ccc3OCC3CC3)ncnc2c1C(=O)N[C@@H]1C[C@@H](C)N(C(=O)[C@H](C)O)C1. The Labute approximate surface area is 208 Å². The van der Waals surface area contributed by atoms with E-state index in [1.165, 1.54) is 25.4 Å². The normalized spacial score (nSPS) is 20.5. The molecule has 1 saturated heterocycles. The van der Waals surface area contributed by atoms with Crippen molar-refractivity contribution in [2.24, 2.45) is 5.92 Å². The highest BCUT2D eigenvalue weighted by Gasteiger charge is 2.35. The van der Waals surface area contributed by atoms with Crippen molar-refractivity contribution in [1.82, 2.24) is 25.2 Å². The van der Waals surface area contributed by atoms with Gasteiger partial charge in [-0.3, -0.25) is 9.59 Å². The molecule has 10 heteroatoms. The maximum atomic E-state index is 14.2. The highest BCUT2D eigenvalue weighted by atomic mass is 19.1. The van der Waals surface area contributed by atoms with E-state index in [9.17, 15) is 19.1 Å². The van der Waals surface area contributed by atoms with E-state index < -0.39 is 11.9 Å². The third-order valence-corrected chi connectivity index (χ3v) is 6.92. The molecule has 3 atom stereocenters. The lowest BCUT2D eigenvalue weighted by Gasteiger charge is -2.22. The van der Waals surface area contributed by atoms with Gasteiger partial charge in [0, 0.05) is 29.9 Å². The summed E-state index contributed by atoms with van der Waals surface area (Å²) in [6.45, 7) is 6.00. The lowest BCUT2D eigenvalue weighted by atomic mass is 10.1. The number of H-pyrrole nitrogens is 1. The van der Waals surface area contributed by atoms with Crippen LogP contribution in [0.5, 0.6) is 5.75 Å². The summed E-state index contributed by atoms with van der Waals surface area (Å²) in [5, 5.41) is 12.7. The maximum absolute atomic E-state index is 14.2. The number of rotatable bonds is 7. The van der Waals surface area contributed by atoms with Crippen LogP contribution in [-0.4, -0.2) is 68.1 Å². The summed E-state index contributed by atoms with van der Waals surface area (Å²) < 4.78 is 20.2. The molecule has 1 aliphatic heterocycles. The Morgan fingerprint density at radius 2 is 2.11 bits per heavy atom. The number of fused-ring (bicyclic) bond motifs is 1. The number of hydrogen-bond acceptors (Lipinski definition) is 6. The Balaban J connectivity index is 1.43. The summed E-state index contributed by atoms with van der Waals surface area (Å²) in [7, 11) is 0. The van der Waals surface area contributed by atoms with Gasteiger partial charge in [-0.15, -0.1) is 0 Å². The van der Waals surface area contributed by atoms with Crippen LogP contribution in [0.1, 0.15) is 49.2 Å². The molecule has 1 saturated carbocycles. The number of aryl methyl sites for hydroxylation is 1. The fourth-order valence-corrected chi connectivity index (χ4v) is 4.85. The molecular formula is C26H30FN5O4. The van der Waals surface area contributed by atoms with Gasteiger partial charge in [-0.25, -0.2) is 14.4 Å². The minimum atomic E-state index is -1.09. The average Bonchev–Trinajstić information content (AvgIpc) is 3.50. The van der Waals surface area contributed by atoms with E-state index >= 15 is 0 Å². The molecule has 5 rings (SSSR count). The highest BCUT2D eigenvalue weighted by molar-refractivity contribution is 6.09. The summed E-state index contributed by atoms with van der Waals surface area (Å²) in [6.07, 6.45) is 3.11. The van der Waals surface area contributed by atoms with Gasteiger partial charge in [-0.05, 0) is 64.2 Å². The van der Waals surface area contributed by atoms with E-state index in [0.29, 0.717) is 64.8 Å². The lowest BCUT2D eigenvalue weighted by Crippen LogP contribution is -2.42. The van der Waals surface area contributed by atoms with Gasteiger partial charge >= 0.3 is 0 Å². The van der Waals surface area contributed by atoms with Crippen molar-refractivity contribution < 1.29 is 23.8 Å². The number of aromatic nitrogens is 3. The zero-order chi connectivity index (χ0) is 25.6. The fraction of sp³-hybridized carbons (Fsp3) is 0.462. The molecule has 0 spiro atoms. The number of likely N-dealkylation sites (tertiary alicyclic amines) is 1. The lowest BCUT2D eigenvalue weighted by molar-refractivity contribution is -0.139. The molecule has 2 aromatic heterocycles. The first-order chi connectivity index (χ1) is 17.2. The number of nitrogens with zero attached hydrogens (tertiary/aromatic N) is 3. The molecule has 3 heterocycles. The van der Waals surface area contributed by atoms with Crippen LogP contribution in [0.4, 0.5) is 4.39 Å². The maximum Gasteiger partial charge on any atom is 0.255 e. The van der Waals surface area contributed by atoms with Crippen LogP contribution in [-0.2, 0) is 4.79 Å². The Morgan fingerprint density at radius 1 is 1.33 bits per heavy atom. The number of aliphatic hydroxyl groups excluding tert-OH is 1. The molecule has 2 fully saturated rings. The van der Waals surface area contributed by atoms with E-state index in [4.69, 9.17) is 4.74 Å². The Kier molecular flexibility index (Phi) is 6.38. The number of halogens is 1. The van der Waals surface area contributed by atoms with Gasteiger partial charge in [0.25, 0.3) is 11.8 Å². The second kappa shape index (κ2) is 9.50. The molecule has 36 heavy (non-hydrogen) atoms. The van der Waals surface area contributed by atoms with Crippen molar-refractivity contribution in [3.63, 3.8) is 0 Å². The molecule has 3 aromatic rings. The molecule has 2 amide bonds. The molecule has 3 N–H and O–H groups in total. The monoisotopic (exact) mass is 495 g/mol. The van der Waals surface area contributed by atoms with Crippen LogP contribution in [0.15, 0.2) is 24.5 Å². The number of nitrogens with one attached hydrogen (secondary N) is 2. The number of amides is 2. The average molecular weight is 496 g/mol. The fourth-order valence-electron chi connectivity index (χ4n) is 4.85. The number of hydrogen-bond donors (Lipinski definition) is 3. The second-order valence-corrected chi connectivity index (χ2v) is 9.89. The summed E-state index contributed by atoms with van der Waals surface area (Å²) in [5.41, 5.74) is 2.87. The molecule has 190 valence electrons. The first-order valence-corrected chi connectivity index (χ1v) is 12.3. The summed E-state index contributed by atoms with van der Waals surface area (Å²) in [5.74, 6) is -0.0274. The van der Waals surface area contributed by atoms with Crippen LogP contribution < -0.4 is 10.1 Å². The Bertz CT molecular complexity index is 1320. The van der Waals surface area contributed by atoms with Crippen molar-refractivity contribution in [2.75, 3.05) is 13.2 Å². The zero-order valence-corrected chi connectivity index (χ0v) is 20.5. The van der Waals surface area contributed by atoms with Crippen LogP contribution in [0.2, 0.25) is 0 Å². The van der Waals surface area contributed by atoms with Crippen molar-refractivity contribution in [1.29, 1.82) is 0 Å². The summed E-state index contributed by atoms with van der Waals surface area (Å²) in [4.78, 5) is 39.2. The molecular weight excluding hydrogens is 465 g/mol. The van der Waals surface area contributed by atoms with Crippen LogP contribution >= 0.6 is 0 Å². The van der Waals surface area contributed by atoms with Gasteiger partial charge in [-0.1, -0.05) is 0 Å². The Hall–Kier alpha value is -3.53. The molecule has 2 aliphatic rings. The van der Waals surface area contributed by atoms with Crippen LogP contribution in [0.25, 0.3) is 22.3 Å². The topological polar surface area (TPSA) is 120 Å². The van der Waals surface area contributed by atoms with E-state index in [1.54, 1.807) is 17.9 Å². The number of carbonyl (C=O) groups is 2. The van der Waals surface area contributed by atoms with E-state index in [-0.39, 0.29) is 23.9 Å². The molecule has 1 aromatic carbocycles. The van der Waals surface area contributed by atoms with E-state index in [1.807, 2.05) is 6.92 Å². The third kappa shape index (κ3) is 4.65. The molecule has 0 unspecified atom stereocenters. The molecule has 0 radical (unpaired) electrons. The predicted molar refractivity (Wildman–Crippen MR) is 131 cm³/mol. The van der Waals surface area contributed by atoms with Gasteiger partial charge in [0.1, 0.15) is 35.2 Å². The molecule has 0 bridgehead atoms. The van der Waals surface area contributed by atoms with E-state index in [0.717, 1.165) is 12.8 Å².